The van der Waals surface area contributed by atoms with Crippen LogP contribution in [0.3, 0.4) is 0 Å². The molecule has 1 aliphatic heterocycles. The van der Waals surface area contributed by atoms with E-state index in [4.69, 9.17) is 14.1 Å². The second-order valence-corrected chi connectivity index (χ2v) is 8.93. The number of benzene rings is 2. The summed E-state index contributed by atoms with van der Waals surface area (Å²) in [5, 5.41) is 1.24. The van der Waals surface area contributed by atoms with Gasteiger partial charge in [0.05, 0.1) is 16.5 Å². The maximum Gasteiger partial charge on any atom is 0.338 e. The van der Waals surface area contributed by atoms with Gasteiger partial charge in [-0.2, -0.15) is 0 Å². The van der Waals surface area contributed by atoms with E-state index in [1.54, 1.807) is 22.8 Å². The molecule has 7 heteroatoms. The van der Waals surface area contributed by atoms with Crippen LogP contribution in [0.1, 0.15) is 58.6 Å². The fourth-order valence-corrected chi connectivity index (χ4v) is 4.59. The van der Waals surface area contributed by atoms with Crippen molar-refractivity contribution in [2.24, 2.45) is 0 Å². The lowest BCUT2D eigenvalue weighted by Gasteiger charge is -2.16. The summed E-state index contributed by atoms with van der Waals surface area (Å²) in [6, 6.07) is 10.0. The molecule has 0 unspecified atom stereocenters. The third-order valence-corrected chi connectivity index (χ3v) is 6.68. The van der Waals surface area contributed by atoms with Gasteiger partial charge in [0.15, 0.2) is 0 Å². The summed E-state index contributed by atoms with van der Waals surface area (Å²) in [7, 11) is 0. The minimum absolute atomic E-state index is 0.0602. The Labute approximate surface area is 196 Å². The first kappa shape index (κ1) is 22.1. The fraction of sp³-hybridized carbons (Fsp3) is 0.333. The molecule has 0 radical (unpaired) electrons. The van der Waals surface area contributed by atoms with Gasteiger partial charge in [0.2, 0.25) is 0 Å². The fourth-order valence-electron chi connectivity index (χ4n) is 4.59. The van der Waals surface area contributed by atoms with Crippen LogP contribution in [0.4, 0.5) is 0 Å². The van der Waals surface area contributed by atoms with Gasteiger partial charge in [0, 0.05) is 30.0 Å². The number of rotatable bonds is 3. The highest BCUT2D eigenvalue weighted by atomic mass is 16.5. The Balaban J connectivity index is 1.44. The number of ether oxygens (including phenoxy) is 1. The third-order valence-electron chi connectivity index (χ3n) is 6.68. The van der Waals surface area contributed by atoms with E-state index in [1.165, 1.54) is 6.07 Å². The van der Waals surface area contributed by atoms with E-state index in [1.807, 2.05) is 26.0 Å². The highest BCUT2D eigenvalue weighted by Gasteiger charge is 2.17. The summed E-state index contributed by atoms with van der Waals surface area (Å²) < 4.78 is 12.7. The Morgan fingerprint density at radius 1 is 1.03 bits per heavy atom. The lowest BCUT2D eigenvalue weighted by atomic mass is 10.0. The van der Waals surface area contributed by atoms with Gasteiger partial charge in [0.1, 0.15) is 18.0 Å². The second-order valence-electron chi connectivity index (χ2n) is 8.93. The monoisotopic (exact) mass is 458 g/mol. The minimum Gasteiger partial charge on any atom is -0.457 e. The van der Waals surface area contributed by atoms with Crippen molar-refractivity contribution < 1.29 is 13.9 Å². The number of esters is 1. The van der Waals surface area contributed by atoms with Crippen molar-refractivity contribution in [3.63, 3.8) is 0 Å². The zero-order valence-corrected chi connectivity index (χ0v) is 19.3. The SMILES string of the molecule is Cc1ccc2c(COC(=O)c3ccc4c(=O)n5c(nc4c3)CCCCCC5)cc(=O)oc2c1C. The molecule has 1 aliphatic rings. The van der Waals surface area contributed by atoms with Crippen LogP contribution in [0, 0.1) is 13.8 Å². The molecule has 2 aromatic heterocycles. The average Bonchev–Trinajstić information content (AvgIpc) is 2.81. The van der Waals surface area contributed by atoms with Crippen LogP contribution in [0.25, 0.3) is 21.9 Å². The first-order valence-electron chi connectivity index (χ1n) is 11.7. The van der Waals surface area contributed by atoms with Crippen LogP contribution < -0.4 is 11.2 Å². The topological polar surface area (TPSA) is 91.4 Å². The molecule has 0 fully saturated rings. The number of carbonyl (C=O) groups excluding carboxylic acids is 1. The van der Waals surface area contributed by atoms with E-state index in [-0.39, 0.29) is 12.2 Å². The summed E-state index contributed by atoms with van der Waals surface area (Å²) in [4.78, 5) is 42.6. The number of nitrogens with zero attached hydrogens (tertiary/aromatic N) is 2. The molecule has 4 aromatic rings. The van der Waals surface area contributed by atoms with Crippen LogP contribution in [-0.4, -0.2) is 15.5 Å². The average molecular weight is 459 g/mol. The summed E-state index contributed by atoms with van der Waals surface area (Å²) in [6.07, 6.45) is 4.97. The van der Waals surface area contributed by atoms with E-state index < -0.39 is 11.6 Å². The van der Waals surface area contributed by atoms with Crippen molar-refractivity contribution in [1.29, 1.82) is 0 Å². The Bertz CT molecular complexity index is 1550. The van der Waals surface area contributed by atoms with Crippen molar-refractivity contribution in [3.05, 3.63) is 85.3 Å². The number of aryl methyl sites for hydroxylation is 3. The Morgan fingerprint density at radius 3 is 2.68 bits per heavy atom. The number of hydrogen-bond acceptors (Lipinski definition) is 6. The Hall–Kier alpha value is -3.74. The number of carbonyl (C=O) groups is 1. The lowest BCUT2D eigenvalue weighted by Crippen LogP contribution is -2.26. The Morgan fingerprint density at radius 2 is 1.82 bits per heavy atom. The highest BCUT2D eigenvalue weighted by Crippen LogP contribution is 2.24. The van der Waals surface area contributed by atoms with Crippen LogP contribution in [0.5, 0.6) is 0 Å². The minimum atomic E-state index is -0.541. The van der Waals surface area contributed by atoms with E-state index in [0.29, 0.717) is 34.2 Å². The van der Waals surface area contributed by atoms with Gasteiger partial charge in [-0.1, -0.05) is 25.0 Å². The van der Waals surface area contributed by atoms with Gasteiger partial charge in [-0.25, -0.2) is 14.6 Å². The standard InChI is InChI=1S/C27H26N2O5/c1-16-8-10-20-19(14-24(30)34-25(20)17(16)2)15-33-27(32)18-9-11-21-22(13-18)28-23-7-5-3-4-6-12-29(23)26(21)31/h8-11,13-14H,3-7,12,15H2,1-2H3. The van der Waals surface area contributed by atoms with E-state index in [2.05, 4.69) is 0 Å². The number of hydrogen-bond donors (Lipinski definition) is 0. The summed E-state index contributed by atoms with van der Waals surface area (Å²) in [5.74, 6) is 0.233. The molecule has 34 heavy (non-hydrogen) atoms. The molecule has 5 rings (SSSR count). The number of fused-ring (bicyclic) bond motifs is 3. The van der Waals surface area contributed by atoms with Gasteiger partial charge in [-0.05, 0) is 56.0 Å². The lowest BCUT2D eigenvalue weighted by molar-refractivity contribution is 0.0474. The molecule has 0 aliphatic carbocycles. The molecule has 2 aromatic carbocycles. The molecule has 0 saturated carbocycles. The largest absolute Gasteiger partial charge is 0.457 e. The molecule has 174 valence electrons. The molecular weight excluding hydrogens is 432 g/mol. The predicted octanol–water partition coefficient (Wildman–Crippen LogP) is 4.59. The normalized spacial score (nSPS) is 13.9. The molecule has 0 saturated heterocycles. The first-order valence-corrected chi connectivity index (χ1v) is 11.7. The maximum atomic E-state index is 13.0. The van der Waals surface area contributed by atoms with Crippen molar-refractivity contribution in [3.8, 4) is 0 Å². The predicted molar refractivity (Wildman–Crippen MR) is 129 cm³/mol. The molecule has 0 bridgehead atoms. The molecule has 0 N–H and O–H groups in total. The molecule has 7 nitrogen and oxygen atoms in total. The van der Waals surface area contributed by atoms with Crippen molar-refractivity contribution in [1.82, 2.24) is 9.55 Å². The second kappa shape index (κ2) is 8.89. The molecule has 0 atom stereocenters. The summed E-state index contributed by atoms with van der Waals surface area (Å²) >= 11 is 0. The van der Waals surface area contributed by atoms with Crippen molar-refractivity contribution in [2.45, 2.75) is 59.1 Å². The summed E-state index contributed by atoms with van der Waals surface area (Å²) in [6.45, 7) is 4.45. The molecule has 0 spiro atoms. The third kappa shape index (κ3) is 4.02. The van der Waals surface area contributed by atoms with Crippen LogP contribution >= 0.6 is 0 Å². The zero-order chi connectivity index (χ0) is 23.8. The highest BCUT2D eigenvalue weighted by molar-refractivity contribution is 5.94. The van der Waals surface area contributed by atoms with Gasteiger partial charge in [-0.15, -0.1) is 0 Å². The molecular formula is C27H26N2O5. The van der Waals surface area contributed by atoms with Crippen LogP contribution in [-0.2, 0) is 24.3 Å². The molecule has 3 heterocycles. The van der Waals surface area contributed by atoms with Crippen LogP contribution in [0.2, 0.25) is 0 Å². The summed E-state index contributed by atoms with van der Waals surface area (Å²) in [5.41, 5.74) is 3.25. The zero-order valence-electron chi connectivity index (χ0n) is 19.3. The first-order chi connectivity index (χ1) is 16.4. The smallest absolute Gasteiger partial charge is 0.338 e. The van der Waals surface area contributed by atoms with E-state index >= 15 is 0 Å². The van der Waals surface area contributed by atoms with Crippen LogP contribution in [0.15, 0.2) is 50.4 Å². The Kier molecular flexibility index (Phi) is 5.77. The van der Waals surface area contributed by atoms with E-state index in [0.717, 1.165) is 54.4 Å². The van der Waals surface area contributed by atoms with E-state index in [9.17, 15) is 14.4 Å². The van der Waals surface area contributed by atoms with Gasteiger partial charge in [-0.3, -0.25) is 9.36 Å². The van der Waals surface area contributed by atoms with Gasteiger partial charge in [0.25, 0.3) is 5.56 Å². The van der Waals surface area contributed by atoms with Gasteiger partial charge < -0.3 is 9.15 Å². The quantitative estimate of drug-likeness (QED) is 0.329. The van der Waals surface area contributed by atoms with Crippen molar-refractivity contribution in [2.75, 3.05) is 0 Å². The molecule has 0 amide bonds. The van der Waals surface area contributed by atoms with Crippen molar-refractivity contribution >= 4 is 27.8 Å². The van der Waals surface area contributed by atoms with Gasteiger partial charge >= 0.3 is 11.6 Å². The maximum absolute atomic E-state index is 13.0. The number of aromatic nitrogens is 2.